The normalized spacial score (nSPS) is 13.5. The van der Waals surface area contributed by atoms with Gasteiger partial charge < -0.3 is 5.32 Å². The molecule has 0 spiro atoms. The summed E-state index contributed by atoms with van der Waals surface area (Å²) in [7, 11) is 1.79. The molecule has 0 aliphatic carbocycles. The SMILES string of the molecule is CNC(Cc1ccc(C(F)(F)F)cc1)c1cnsn1. The topological polar surface area (TPSA) is 37.8 Å². The molecule has 2 aromatic rings. The largest absolute Gasteiger partial charge is 0.416 e. The average Bonchev–Trinajstić information content (AvgIpc) is 2.89. The van der Waals surface area contributed by atoms with Crippen LogP contribution >= 0.6 is 11.7 Å². The first-order chi connectivity index (χ1) is 9.00. The number of benzene rings is 1. The van der Waals surface area contributed by atoms with Gasteiger partial charge in [0.25, 0.3) is 0 Å². The first-order valence-corrected chi connectivity index (χ1v) is 6.34. The Morgan fingerprint density at radius 2 is 1.95 bits per heavy atom. The van der Waals surface area contributed by atoms with Gasteiger partial charge in [0.2, 0.25) is 0 Å². The van der Waals surface area contributed by atoms with Crippen LogP contribution in [0.3, 0.4) is 0 Å². The molecule has 1 atom stereocenters. The van der Waals surface area contributed by atoms with Crippen LogP contribution in [0.1, 0.15) is 22.9 Å². The smallest absolute Gasteiger partial charge is 0.311 e. The van der Waals surface area contributed by atoms with Gasteiger partial charge in [-0.3, -0.25) is 0 Å². The number of halogens is 3. The third kappa shape index (κ3) is 3.51. The van der Waals surface area contributed by atoms with E-state index in [4.69, 9.17) is 0 Å². The van der Waals surface area contributed by atoms with Gasteiger partial charge in [-0.2, -0.15) is 21.9 Å². The molecule has 0 amide bonds. The van der Waals surface area contributed by atoms with Crippen molar-refractivity contribution in [3.8, 4) is 0 Å². The summed E-state index contributed by atoms with van der Waals surface area (Å²) >= 11 is 1.11. The predicted octanol–water partition coefficient (Wildman–Crippen LogP) is 3.06. The number of hydrogen-bond acceptors (Lipinski definition) is 4. The number of likely N-dealkylation sites (N-methyl/N-ethyl adjacent to an activating group) is 1. The van der Waals surface area contributed by atoms with E-state index < -0.39 is 11.7 Å². The van der Waals surface area contributed by atoms with Crippen molar-refractivity contribution in [3.05, 3.63) is 47.3 Å². The molecule has 3 nitrogen and oxygen atoms in total. The van der Waals surface area contributed by atoms with Crippen LogP contribution in [-0.4, -0.2) is 15.8 Å². The van der Waals surface area contributed by atoms with Gasteiger partial charge in [-0.25, -0.2) is 0 Å². The summed E-state index contributed by atoms with van der Waals surface area (Å²) in [5, 5.41) is 3.08. The molecule has 0 fully saturated rings. The number of alkyl halides is 3. The van der Waals surface area contributed by atoms with Crippen LogP contribution in [0.25, 0.3) is 0 Å². The van der Waals surface area contributed by atoms with Crippen molar-refractivity contribution < 1.29 is 13.2 Å². The second kappa shape index (κ2) is 5.66. The molecule has 0 saturated heterocycles. The molecule has 0 saturated carbocycles. The molecule has 1 aromatic heterocycles. The van der Waals surface area contributed by atoms with E-state index in [2.05, 4.69) is 14.1 Å². The molecule has 0 aliphatic heterocycles. The minimum atomic E-state index is -4.29. The zero-order valence-electron chi connectivity index (χ0n) is 10.1. The summed E-state index contributed by atoms with van der Waals surface area (Å²) in [6, 6.07) is 5.14. The first-order valence-electron chi connectivity index (χ1n) is 5.61. The van der Waals surface area contributed by atoms with Crippen LogP contribution in [0.2, 0.25) is 0 Å². The van der Waals surface area contributed by atoms with Crippen LogP contribution in [0.15, 0.2) is 30.5 Å². The highest BCUT2D eigenvalue weighted by Gasteiger charge is 2.30. The van der Waals surface area contributed by atoms with E-state index in [1.807, 2.05) is 0 Å². The fourth-order valence-corrected chi connectivity index (χ4v) is 2.22. The van der Waals surface area contributed by atoms with Gasteiger partial charge in [0.15, 0.2) is 0 Å². The van der Waals surface area contributed by atoms with Gasteiger partial charge >= 0.3 is 6.18 Å². The highest BCUT2D eigenvalue weighted by Crippen LogP contribution is 2.29. The number of nitrogens with one attached hydrogen (secondary N) is 1. The second-order valence-corrected chi connectivity index (χ2v) is 4.63. The van der Waals surface area contributed by atoms with Crippen molar-refractivity contribution in [2.45, 2.75) is 18.6 Å². The molecule has 1 heterocycles. The standard InChI is InChI=1S/C12H12F3N3S/c1-16-10(11-7-17-19-18-11)6-8-2-4-9(5-3-8)12(13,14)15/h2-5,7,10,16H,6H2,1H3. The zero-order valence-corrected chi connectivity index (χ0v) is 10.9. The van der Waals surface area contributed by atoms with Crippen molar-refractivity contribution in [2.24, 2.45) is 0 Å². The lowest BCUT2D eigenvalue weighted by atomic mass is 10.0. The first kappa shape index (κ1) is 14.0. The van der Waals surface area contributed by atoms with Crippen LogP contribution in [-0.2, 0) is 12.6 Å². The van der Waals surface area contributed by atoms with Crippen LogP contribution in [0, 0.1) is 0 Å². The van der Waals surface area contributed by atoms with Gasteiger partial charge in [0.1, 0.15) is 0 Å². The van der Waals surface area contributed by atoms with Crippen molar-refractivity contribution in [3.63, 3.8) is 0 Å². The van der Waals surface area contributed by atoms with Crippen molar-refractivity contribution in [2.75, 3.05) is 7.05 Å². The molecule has 7 heteroatoms. The summed E-state index contributed by atoms with van der Waals surface area (Å²) in [6.45, 7) is 0. The van der Waals surface area contributed by atoms with Gasteiger partial charge in [-0.1, -0.05) is 12.1 Å². The van der Waals surface area contributed by atoms with Crippen molar-refractivity contribution in [1.29, 1.82) is 0 Å². The minimum Gasteiger partial charge on any atom is -0.311 e. The number of aromatic nitrogens is 2. The van der Waals surface area contributed by atoms with Crippen LogP contribution in [0.4, 0.5) is 13.2 Å². The summed E-state index contributed by atoms with van der Waals surface area (Å²) in [6.07, 6.45) is -2.06. The Bertz CT molecular complexity index is 508. The molecular weight excluding hydrogens is 275 g/mol. The van der Waals surface area contributed by atoms with Gasteiger partial charge in [0, 0.05) is 0 Å². The van der Waals surface area contributed by atoms with Crippen molar-refractivity contribution >= 4 is 11.7 Å². The second-order valence-electron chi connectivity index (χ2n) is 4.07. The third-order valence-corrected chi connectivity index (χ3v) is 3.30. The lowest BCUT2D eigenvalue weighted by Crippen LogP contribution is -2.19. The number of rotatable bonds is 4. The van der Waals surface area contributed by atoms with Gasteiger partial charge in [-0.05, 0) is 31.2 Å². The van der Waals surface area contributed by atoms with E-state index in [-0.39, 0.29) is 6.04 Å². The van der Waals surface area contributed by atoms with Crippen LogP contribution < -0.4 is 5.32 Å². The Kier molecular flexibility index (Phi) is 4.16. The average molecular weight is 287 g/mol. The maximum Gasteiger partial charge on any atom is 0.416 e. The van der Waals surface area contributed by atoms with E-state index in [0.29, 0.717) is 6.42 Å². The fourth-order valence-electron chi connectivity index (χ4n) is 1.75. The minimum absolute atomic E-state index is 0.0458. The molecule has 19 heavy (non-hydrogen) atoms. The lowest BCUT2D eigenvalue weighted by Gasteiger charge is -2.14. The highest BCUT2D eigenvalue weighted by molar-refractivity contribution is 6.99. The zero-order chi connectivity index (χ0) is 13.9. The van der Waals surface area contributed by atoms with E-state index in [1.54, 1.807) is 13.2 Å². The highest BCUT2D eigenvalue weighted by atomic mass is 32.1. The predicted molar refractivity (Wildman–Crippen MR) is 66.9 cm³/mol. The Balaban J connectivity index is 2.11. The molecule has 0 aliphatic rings. The molecule has 1 unspecified atom stereocenters. The molecule has 2 rings (SSSR count). The number of hydrogen-bond donors (Lipinski definition) is 1. The van der Waals surface area contributed by atoms with Crippen LogP contribution in [0.5, 0.6) is 0 Å². The van der Waals surface area contributed by atoms with Crippen molar-refractivity contribution in [1.82, 2.24) is 14.1 Å². The monoisotopic (exact) mass is 287 g/mol. The van der Waals surface area contributed by atoms with E-state index in [9.17, 15) is 13.2 Å². The molecule has 102 valence electrons. The van der Waals surface area contributed by atoms with Gasteiger partial charge in [-0.15, -0.1) is 0 Å². The third-order valence-electron chi connectivity index (χ3n) is 2.80. The maximum absolute atomic E-state index is 12.4. The van der Waals surface area contributed by atoms with E-state index in [0.717, 1.165) is 35.1 Å². The van der Waals surface area contributed by atoms with Gasteiger partial charge in [0.05, 0.1) is 35.2 Å². The summed E-state index contributed by atoms with van der Waals surface area (Å²) < 4.78 is 45.4. The molecular formula is C12H12F3N3S. The fraction of sp³-hybridized carbons (Fsp3) is 0.333. The maximum atomic E-state index is 12.4. The Hall–Kier alpha value is -1.47. The molecule has 0 radical (unpaired) electrons. The summed E-state index contributed by atoms with van der Waals surface area (Å²) in [5.41, 5.74) is 0.986. The molecule has 0 bridgehead atoms. The Morgan fingerprint density at radius 1 is 1.26 bits per heavy atom. The number of nitrogens with zero attached hydrogens (tertiary/aromatic N) is 2. The molecule has 1 N–H and O–H groups in total. The van der Waals surface area contributed by atoms with E-state index >= 15 is 0 Å². The summed E-state index contributed by atoms with van der Waals surface area (Å²) in [4.78, 5) is 0. The Morgan fingerprint density at radius 3 is 2.42 bits per heavy atom. The Labute approximate surface area is 112 Å². The van der Waals surface area contributed by atoms with E-state index in [1.165, 1.54) is 12.1 Å². The molecule has 1 aromatic carbocycles. The quantitative estimate of drug-likeness (QED) is 0.939. The summed E-state index contributed by atoms with van der Waals surface area (Å²) in [5.74, 6) is 0. The lowest BCUT2D eigenvalue weighted by molar-refractivity contribution is -0.137.